The first-order chi connectivity index (χ1) is 13.3. The first kappa shape index (κ1) is 18.9. The molecule has 2 aromatic carbocycles. The molecule has 0 aliphatic rings. The van der Waals surface area contributed by atoms with Crippen LogP contribution in [0, 0.1) is 10.8 Å². The number of hydrogen-bond donors (Lipinski definition) is 5. The lowest BCUT2D eigenvalue weighted by Gasteiger charge is -2.05. The number of aromatic nitrogens is 1. The summed E-state index contributed by atoms with van der Waals surface area (Å²) in [7, 11) is 0. The van der Waals surface area contributed by atoms with Gasteiger partial charge in [0.25, 0.3) is 0 Å². The number of benzene rings is 2. The quantitative estimate of drug-likeness (QED) is 0.319. The van der Waals surface area contributed by atoms with Gasteiger partial charge in [-0.05, 0) is 29.2 Å². The van der Waals surface area contributed by atoms with E-state index in [1.807, 2.05) is 29.0 Å². The second-order valence-corrected chi connectivity index (χ2v) is 6.58. The maximum absolute atomic E-state index is 11.7. The number of hydrogen-bond acceptors (Lipinski definition) is 3. The van der Waals surface area contributed by atoms with Crippen molar-refractivity contribution in [1.29, 1.82) is 10.8 Å². The second-order valence-electron chi connectivity index (χ2n) is 6.58. The molecule has 0 saturated carbocycles. The maximum Gasteiger partial charge on any atom is 0.337 e. The number of aromatic carboxylic acids is 1. The average Bonchev–Trinajstić information content (AvgIpc) is 3.05. The summed E-state index contributed by atoms with van der Waals surface area (Å²) in [6.45, 7) is 0.506. The molecule has 0 aliphatic carbocycles. The van der Waals surface area contributed by atoms with Gasteiger partial charge < -0.3 is 21.1 Å². The fourth-order valence-electron chi connectivity index (χ4n) is 3.05. The Morgan fingerprint density at radius 2 is 1.61 bits per heavy atom. The van der Waals surface area contributed by atoms with Gasteiger partial charge in [0.2, 0.25) is 0 Å². The topological polar surface area (TPSA) is 142 Å². The van der Waals surface area contributed by atoms with E-state index in [4.69, 9.17) is 22.3 Å². The largest absolute Gasteiger partial charge is 0.478 e. The predicted molar refractivity (Wildman–Crippen MR) is 108 cm³/mol. The molecule has 28 heavy (non-hydrogen) atoms. The standard InChI is InChI=1S/C21H21N5O2/c22-19(23)15-6-4-13(5-7-15)10-26-11-17(18(12-26)21(27)28)9-14-2-1-3-16(8-14)20(24)25/h1-8,11-12H,9-10H2,(H3,22,23)(H3,24,25)(H,27,28). The smallest absolute Gasteiger partial charge is 0.337 e. The van der Waals surface area contributed by atoms with E-state index in [1.54, 1.807) is 36.5 Å². The number of carboxylic acid groups (broad SMARTS) is 1. The molecule has 0 saturated heterocycles. The van der Waals surface area contributed by atoms with Gasteiger partial charge in [-0.3, -0.25) is 10.8 Å². The Bertz CT molecular complexity index is 1050. The van der Waals surface area contributed by atoms with Crippen molar-refractivity contribution < 1.29 is 9.90 Å². The van der Waals surface area contributed by atoms with Crippen molar-refractivity contribution in [2.45, 2.75) is 13.0 Å². The third-order valence-corrected chi connectivity index (χ3v) is 4.46. The van der Waals surface area contributed by atoms with E-state index >= 15 is 0 Å². The van der Waals surface area contributed by atoms with Gasteiger partial charge in [-0.2, -0.15) is 0 Å². The number of carboxylic acids is 1. The molecule has 1 heterocycles. The summed E-state index contributed by atoms with van der Waals surface area (Å²) in [6, 6.07) is 14.5. The highest BCUT2D eigenvalue weighted by Gasteiger charge is 2.14. The Balaban J connectivity index is 1.85. The highest BCUT2D eigenvalue weighted by atomic mass is 16.4. The SMILES string of the molecule is N=C(N)c1ccc(Cn2cc(Cc3cccc(C(=N)N)c3)c(C(=O)O)c2)cc1. The number of carbonyl (C=O) groups is 1. The summed E-state index contributed by atoms with van der Waals surface area (Å²) in [6.07, 6.45) is 3.87. The molecule has 7 heteroatoms. The second kappa shape index (κ2) is 7.79. The molecule has 0 radical (unpaired) electrons. The molecular weight excluding hydrogens is 354 g/mol. The van der Waals surface area contributed by atoms with Crippen LogP contribution in [0.25, 0.3) is 0 Å². The van der Waals surface area contributed by atoms with Gasteiger partial charge in [0, 0.05) is 30.1 Å². The summed E-state index contributed by atoms with van der Waals surface area (Å²) in [5, 5.41) is 24.5. The summed E-state index contributed by atoms with van der Waals surface area (Å²) >= 11 is 0. The van der Waals surface area contributed by atoms with Crippen LogP contribution in [0.4, 0.5) is 0 Å². The Kier molecular flexibility index (Phi) is 5.26. The van der Waals surface area contributed by atoms with Crippen LogP contribution in [0.3, 0.4) is 0 Å². The Labute approximate surface area is 162 Å². The number of nitrogens with two attached hydrogens (primary N) is 2. The summed E-state index contributed by atoms with van der Waals surface area (Å²) in [4.78, 5) is 11.7. The zero-order valence-corrected chi connectivity index (χ0v) is 15.1. The summed E-state index contributed by atoms with van der Waals surface area (Å²) < 4.78 is 1.83. The van der Waals surface area contributed by atoms with E-state index < -0.39 is 5.97 Å². The fourth-order valence-corrected chi connectivity index (χ4v) is 3.05. The third-order valence-electron chi connectivity index (χ3n) is 4.46. The van der Waals surface area contributed by atoms with Gasteiger partial charge in [-0.15, -0.1) is 0 Å². The first-order valence-electron chi connectivity index (χ1n) is 8.62. The zero-order chi connectivity index (χ0) is 20.3. The van der Waals surface area contributed by atoms with Gasteiger partial charge in [-0.1, -0.05) is 42.5 Å². The molecular formula is C21H21N5O2. The Morgan fingerprint density at radius 1 is 0.929 bits per heavy atom. The van der Waals surface area contributed by atoms with E-state index in [9.17, 15) is 9.90 Å². The Hall–Kier alpha value is -3.87. The molecule has 3 aromatic rings. The maximum atomic E-state index is 11.7. The molecule has 0 fully saturated rings. The van der Waals surface area contributed by atoms with Crippen LogP contribution >= 0.6 is 0 Å². The molecule has 0 amide bonds. The van der Waals surface area contributed by atoms with Crippen LogP contribution in [0.15, 0.2) is 60.9 Å². The number of nitrogens with one attached hydrogen (secondary N) is 2. The molecule has 0 bridgehead atoms. The van der Waals surface area contributed by atoms with E-state index in [0.717, 1.165) is 11.1 Å². The number of rotatable bonds is 7. The van der Waals surface area contributed by atoms with Crippen LogP contribution in [0.1, 0.15) is 38.2 Å². The molecule has 0 atom stereocenters. The van der Waals surface area contributed by atoms with Gasteiger partial charge in [-0.25, -0.2) is 4.79 Å². The molecule has 0 aliphatic heterocycles. The average molecular weight is 375 g/mol. The van der Waals surface area contributed by atoms with Gasteiger partial charge in [0.1, 0.15) is 11.7 Å². The molecule has 3 rings (SSSR count). The highest BCUT2D eigenvalue weighted by molar-refractivity contribution is 5.95. The van der Waals surface area contributed by atoms with E-state index in [1.165, 1.54) is 0 Å². The predicted octanol–water partition coefficient (Wildman–Crippen LogP) is 2.39. The summed E-state index contributed by atoms with van der Waals surface area (Å²) in [5.74, 6) is -0.994. The van der Waals surface area contributed by atoms with E-state index in [2.05, 4.69) is 0 Å². The van der Waals surface area contributed by atoms with Crippen molar-refractivity contribution in [2.75, 3.05) is 0 Å². The van der Waals surface area contributed by atoms with Crippen LogP contribution in [0.5, 0.6) is 0 Å². The number of nitrogen functional groups attached to an aromatic ring is 2. The van der Waals surface area contributed by atoms with Crippen molar-refractivity contribution in [3.05, 3.63) is 94.3 Å². The molecule has 142 valence electrons. The third kappa shape index (κ3) is 4.27. The van der Waals surface area contributed by atoms with Crippen molar-refractivity contribution in [2.24, 2.45) is 11.5 Å². The molecule has 0 spiro atoms. The normalized spacial score (nSPS) is 10.6. The van der Waals surface area contributed by atoms with Crippen molar-refractivity contribution in [1.82, 2.24) is 4.57 Å². The minimum absolute atomic E-state index is 0.00996. The molecule has 7 nitrogen and oxygen atoms in total. The van der Waals surface area contributed by atoms with Crippen LogP contribution < -0.4 is 11.5 Å². The molecule has 1 aromatic heterocycles. The fraction of sp³-hybridized carbons (Fsp3) is 0.0952. The number of amidine groups is 2. The lowest BCUT2D eigenvalue weighted by atomic mass is 10.0. The van der Waals surface area contributed by atoms with Crippen LogP contribution in [-0.2, 0) is 13.0 Å². The van der Waals surface area contributed by atoms with Crippen LogP contribution in [-0.4, -0.2) is 27.3 Å². The van der Waals surface area contributed by atoms with Crippen molar-refractivity contribution in [3.63, 3.8) is 0 Å². The molecule has 0 unspecified atom stereocenters. The van der Waals surface area contributed by atoms with Gasteiger partial charge >= 0.3 is 5.97 Å². The van der Waals surface area contributed by atoms with Gasteiger partial charge in [0.05, 0.1) is 5.56 Å². The zero-order valence-electron chi connectivity index (χ0n) is 15.1. The first-order valence-corrected chi connectivity index (χ1v) is 8.62. The van der Waals surface area contributed by atoms with Crippen molar-refractivity contribution in [3.8, 4) is 0 Å². The van der Waals surface area contributed by atoms with E-state index in [0.29, 0.717) is 29.7 Å². The molecule has 7 N–H and O–H groups in total. The van der Waals surface area contributed by atoms with Gasteiger partial charge in [0.15, 0.2) is 0 Å². The Morgan fingerprint density at radius 3 is 2.21 bits per heavy atom. The van der Waals surface area contributed by atoms with Crippen LogP contribution in [0.2, 0.25) is 0 Å². The minimum Gasteiger partial charge on any atom is -0.478 e. The van der Waals surface area contributed by atoms with E-state index in [-0.39, 0.29) is 17.2 Å². The minimum atomic E-state index is -0.983. The summed E-state index contributed by atoms with van der Waals surface area (Å²) in [5.41, 5.74) is 15.1. The van der Waals surface area contributed by atoms with Crippen molar-refractivity contribution >= 4 is 17.6 Å². The lowest BCUT2D eigenvalue weighted by molar-refractivity contribution is 0.0696. The lowest BCUT2D eigenvalue weighted by Crippen LogP contribution is -2.11. The monoisotopic (exact) mass is 375 g/mol. The number of nitrogens with zero attached hydrogens (tertiary/aromatic N) is 1. The highest BCUT2D eigenvalue weighted by Crippen LogP contribution is 2.18.